The van der Waals surface area contributed by atoms with Crippen LogP contribution in [0.4, 0.5) is 0 Å². The second-order valence-electron chi connectivity index (χ2n) is 8.39. The molecule has 33 heavy (non-hydrogen) atoms. The topological polar surface area (TPSA) is 95.9 Å². The molecule has 0 saturated carbocycles. The summed E-state index contributed by atoms with van der Waals surface area (Å²) < 4.78 is 4.65. The van der Waals surface area contributed by atoms with Gasteiger partial charge in [0.15, 0.2) is 0 Å². The lowest BCUT2D eigenvalue weighted by Gasteiger charge is -2.53. The van der Waals surface area contributed by atoms with Crippen molar-refractivity contribution in [3.05, 3.63) is 60.2 Å². The van der Waals surface area contributed by atoms with E-state index in [1.165, 1.54) is 23.5 Å². The van der Waals surface area contributed by atoms with Gasteiger partial charge in [-0.1, -0.05) is 42.5 Å². The first kappa shape index (κ1) is 23.5. The molecule has 0 bridgehead atoms. The number of carboxylic acids is 1. The van der Waals surface area contributed by atoms with Gasteiger partial charge in [-0.3, -0.25) is 14.4 Å². The molecule has 2 amide bonds. The number of carboxylic acid groups (broad SMARTS) is 1. The van der Waals surface area contributed by atoms with Crippen LogP contribution in [0, 0.1) is 0 Å². The minimum absolute atomic E-state index is 0.0464. The Balaban J connectivity index is 1.44. The first-order chi connectivity index (χ1) is 15.8. The van der Waals surface area contributed by atoms with Crippen molar-refractivity contribution in [1.29, 1.82) is 0 Å². The molecule has 174 valence electrons. The van der Waals surface area contributed by atoms with E-state index >= 15 is 0 Å². The van der Waals surface area contributed by atoms with E-state index < -0.39 is 16.8 Å². The van der Waals surface area contributed by atoms with Crippen molar-refractivity contribution < 1.29 is 24.2 Å². The molecule has 2 saturated heterocycles. The number of hydrogen-bond donors (Lipinski definition) is 2. The Morgan fingerprint density at radius 3 is 2.61 bits per heavy atom. The van der Waals surface area contributed by atoms with Gasteiger partial charge in [-0.25, -0.2) is 0 Å². The number of para-hydroxylation sites is 1. The molecule has 2 heterocycles. The number of fused-ring (bicyclic) bond motifs is 1. The minimum atomic E-state index is -1.20. The molecule has 2 aliphatic rings. The van der Waals surface area contributed by atoms with Crippen LogP contribution in [0.2, 0.25) is 0 Å². The van der Waals surface area contributed by atoms with Crippen molar-refractivity contribution in [1.82, 2.24) is 10.2 Å². The molecule has 2 aromatic carbocycles. The van der Waals surface area contributed by atoms with Crippen LogP contribution >= 0.6 is 23.5 Å². The van der Waals surface area contributed by atoms with Gasteiger partial charge < -0.3 is 20.1 Å². The molecule has 7 nitrogen and oxygen atoms in total. The molecule has 0 spiro atoms. The average molecular weight is 487 g/mol. The maximum absolute atomic E-state index is 12.8. The third-order valence-corrected chi connectivity index (χ3v) is 8.59. The molecule has 1 unspecified atom stereocenters. The number of amides is 2. The van der Waals surface area contributed by atoms with E-state index in [4.69, 9.17) is 4.74 Å². The normalized spacial score (nSPS) is 24.1. The summed E-state index contributed by atoms with van der Waals surface area (Å²) in [6.07, 6.45) is 0.152. The fourth-order valence-electron chi connectivity index (χ4n) is 3.89. The molecule has 3 atom stereocenters. The van der Waals surface area contributed by atoms with Gasteiger partial charge in [-0.15, -0.1) is 23.5 Å². The zero-order chi connectivity index (χ0) is 23.6. The van der Waals surface area contributed by atoms with Gasteiger partial charge in [-0.2, -0.15) is 0 Å². The highest BCUT2D eigenvalue weighted by atomic mass is 32.2. The van der Waals surface area contributed by atoms with Crippen LogP contribution in [0.15, 0.2) is 59.5 Å². The number of hydrogen-bond acceptors (Lipinski definition) is 6. The van der Waals surface area contributed by atoms with Crippen LogP contribution in [-0.4, -0.2) is 62.4 Å². The summed E-state index contributed by atoms with van der Waals surface area (Å²) in [4.78, 5) is 39.9. The number of β-lactam (4-membered cyclic amide) rings is 1. The fourth-order valence-corrected chi connectivity index (χ4v) is 6.79. The number of aliphatic carboxylic acids is 1. The van der Waals surface area contributed by atoms with Gasteiger partial charge in [0.1, 0.15) is 21.9 Å². The van der Waals surface area contributed by atoms with E-state index in [0.717, 1.165) is 10.5 Å². The zero-order valence-corrected chi connectivity index (χ0v) is 20.0. The van der Waals surface area contributed by atoms with Crippen molar-refractivity contribution in [2.45, 2.75) is 47.4 Å². The molecular weight excluding hydrogens is 460 g/mol. The number of nitrogens with zero attached hydrogens (tertiary/aromatic N) is 1. The summed E-state index contributed by atoms with van der Waals surface area (Å²) in [5.74, 6) is -0.494. The van der Waals surface area contributed by atoms with Crippen LogP contribution in [0.3, 0.4) is 0 Å². The van der Waals surface area contributed by atoms with Crippen LogP contribution in [0.5, 0.6) is 5.75 Å². The van der Waals surface area contributed by atoms with Gasteiger partial charge in [0.2, 0.25) is 11.8 Å². The van der Waals surface area contributed by atoms with Crippen molar-refractivity contribution in [2.24, 2.45) is 0 Å². The van der Waals surface area contributed by atoms with Crippen molar-refractivity contribution in [3.63, 3.8) is 0 Å². The van der Waals surface area contributed by atoms with Crippen molar-refractivity contribution in [2.75, 3.05) is 12.3 Å². The fraction of sp³-hybridized carbons (Fsp3) is 0.375. The van der Waals surface area contributed by atoms with Gasteiger partial charge in [0, 0.05) is 12.3 Å². The number of carbonyl (C=O) groups is 3. The molecule has 2 fully saturated rings. The Bertz CT molecular complexity index is 1050. The van der Waals surface area contributed by atoms with Crippen LogP contribution in [0.1, 0.15) is 19.4 Å². The largest absolute Gasteiger partial charge is 0.490 e. The number of benzene rings is 2. The van der Waals surface area contributed by atoms with E-state index in [0.29, 0.717) is 11.5 Å². The highest BCUT2D eigenvalue weighted by Gasteiger charge is 2.58. The molecule has 0 aliphatic carbocycles. The smallest absolute Gasteiger partial charge is 0.322 e. The molecule has 0 aromatic heterocycles. The first-order valence-electron chi connectivity index (χ1n) is 10.7. The third-order valence-electron chi connectivity index (χ3n) is 5.49. The summed E-state index contributed by atoms with van der Waals surface area (Å²) in [5.41, 5.74) is 0.874. The predicted molar refractivity (Wildman–Crippen MR) is 128 cm³/mol. The Morgan fingerprint density at radius 1 is 1.21 bits per heavy atom. The molecule has 2 aromatic rings. The monoisotopic (exact) mass is 486 g/mol. The number of nitrogens with one attached hydrogen (secondary N) is 1. The molecular formula is C24H26N2O5S2. The second kappa shape index (κ2) is 9.69. The van der Waals surface area contributed by atoms with Crippen molar-refractivity contribution in [3.8, 4) is 5.75 Å². The van der Waals surface area contributed by atoms with Gasteiger partial charge in [0.05, 0.1) is 17.4 Å². The Hall–Kier alpha value is -2.65. The SMILES string of the molecule is CC(C)Oc1ccccc1SC1(C(=O)O)CS[C@@H]2[C@H](NC(=O)Cc3ccccc3)C(=O)N2C1. The van der Waals surface area contributed by atoms with E-state index in [1.54, 1.807) is 4.90 Å². The maximum atomic E-state index is 12.8. The standard InChI is InChI=1S/C24H26N2O5S2/c1-15(2)31-17-10-6-7-11-18(17)33-24(23(29)30)13-26-21(28)20(22(26)32-14-24)25-19(27)12-16-8-4-3-5-9-16/h3-11,15,20,22H,12-14H2,1-2H3,(H,25,27)(H,29,30)/t20-,22-,24?/m1/s1. The number of carbonyl (C=O) groups excluding carboxylic acids is 2. The molecule has 4 rings (SSSR count). The highest BCUT2D eigenvalue weighted by molar-refractivity contribution is 8.05. The lowest BCUT2D eigenvalue weighted by atomic mass is 10.0. The summed E-state index contributed by atoms with van der Waals surface area (Å²) in [6, 6.07) is 16.1. The molecule has 2 aliphatic heterocycles. The summed E-state index contributed by atoms with van der Waals surface area (Å²) in [5, 5.41) is 12.7. The molecule has 2 N–H and O–H groups in total. The summed E-state index contributed by atoms with van der Waals surface area (Å²) >= 11 is 2.62. The van der Waals surface area contributed by atoms with Gasteiger partial charge >= 0.3 is 5.97 Å². The highest BCUT2D eigenvalue weighted by Crippen LogP contribution is 2.48. The lowest BCUT2D eigenvalue weighted by molar-refractivity contribution is -0.152. The number of ether oxygens (including phenoxy) is 1. The Kier molecular flexibility index (Phi) is 6.90. The van der Waals surface area contributed by atoms with Gasteiger partial charge in [-0.05, 0) is 31.5 Å². The van der Waals surface area contributed by atoms with Crippen LogP contribution in [-0.2, 0) is 20.8 Å². The van der Waals surface area contributed by atoms with E-state index in [1.807, 2.05) is 68.4 Å². The van der Waals surface area contributed by atoms with E-state index in [9.17, 15) is 19.5 Å². The van der Waals surface area contributed by atoms with Crippen LogP contribution < -0.4 is 10.1 Å². The number of thioether (sulfide) groups is 2. The lowest BCUT2D eigenvalue weighted by Crippen LogP contribution is -2.74. The summed E-state index contributed by atoms with van der Waals surface area (Å²) in [7, 11) is 0. The molecule has 9 heteroatoms. The third kappa shape index (κ3) is 4.99. The predicted octanol–water partition coefficient (Wildman–Crippen LogP) is 3.03. The van der Waals surface area contributed by atoms with Crippen molar-refractivity contribution >= 4 is 41.3 Å². The maximum Gasteiger partial charge on any atom is 0.322 e. The number of rotatable bonds is 8. The Labute approximate surface area is 201 Å². The zero-order valence-electron chi connectivity index (χ0n) is 18.4. The summed E-state index contributed by atoms with van der Waals surface area (Å²) in [6.45, 7) is 3.91. The second-order valence-corrected chi connectivity index (χ2v) is 10.9. The average Bonchev–Trinajstić information content (AvgIpc) is 2.79. The van der Waals surface area contributed by atoms with Gasteiger partial charge in [0.25, 0.3) is 0 Å². The van der Waals surface area contributed by atoms with E-state index in [2.05, 4.69) is 5.32 Å². The van der Waals surface area contributed by atoms with Crippen LogP contribution in [0.25, 0.3) is 0 Å². The quantitative estimate of drug-likeness (QED) is 0.554. The molecule has 0 radical (unpaired) electrons. The van der Waals surface area contributed by atoms with E-state index in [-0.39, 0.29) is 36.3 Å². The minimum Gasteiger partial charge on any atom is -0.490 e. The Morgan fingerprint density at radius 2 is 1.91 bits per heavy atom. The first-order valence-corrected chi connectivity index (χ1v) is 12.6.